The van der Waals surface area contributed by atoms with Gasteiger partial charge in [-0.15, -0.1) is 0 Å². The molecule has 4 nitrogen and oxygen atoms in total. The van der Waals surface area contributed by atoms with E-state index in [0.29, 0.717) is 11.9 Å². The fourth-order valence-corrected chi connectivity index (χ4v) is 3.71. The van der Waals surface area contributed by atoms with Crippen molar-refractivity contribution in [3.63, 3.8) is 0 Å². The molecule has 2 aliphatic rings. The zero-order valence-corrected chi connectivity index (χ0v) is 13.9. The second-order valence-corrected chi connectivity index (χ2v) is 6.67. The average Bonchev–Trinajstić information content (AvgIpc) is 3.01. The summed E-state index contributed by atoms with van der Waals surface area (Å²) < 4.78 is 0. The highest BCUT2D eigenvalue weighted by Crippen LogP contribution is 2.24. The van der Waals surface area contributed by atoms with Crippen LogP contribution in [-0.2, 0) is 4.79 Å². The van der Waals surface area contributed by atoms with E-state index >= 15 is 0 Å². The molecule has 2 heterocycles. The van der Waals surface area contributed by atoms with Crippen molar-refractivity contribution >= 4 is 5.91 Å². The number of rotatable bonds is 7. The Morgan fingerprint density at radius 1 is 1.19 bits per heavy atom. The topological polar surface area (TPSA) is 35.6 Å². The molecule has 0 aromatic heterocycles. The lowest BCUT2D eigenvalue weighted by Gasteiger charge is -2.35. The molecule has 4 heteroatoms. The number of carbonyl (C=O) groups is 1. The number of carbonyl (C=O) groups excluding carboxylic acids is 1. The first kappa shape index (κ1) is 16.8. The van der Waals surface area contributed by atoms with Crippen LogP contribution in [0.5, 0.6) is 0 Å². The molecule has 0 saturated carbocycles. The predicted molar refractivity (Wildman–Crippen MR) is 87.4 cm³/mol. The van der Waals surface area contributed by atoms with E-state index in [9.17, 15) is 4.79 Å². The maximum Gasteiger partial charge on any atom is 0.240 e. The fraction of sp³-hybridized carbons (Fsp3) is 0.941. The van der Waals surface area contributed by atoms with Crippen molar-refractivity contribution < 1.29 is 4.79 Å². The number of unbranched alkanes of at least 4 members (excludes halogenated alkanes) is 3. The van der Waals surface area contributed by atoms with Crippen molar-refractivity contribution in [2.75, 3.05) is 32.7 Å². The van der Waals surface area contributed by atoms with E-state index in [2.05, 4.69) is 29.0 Å². The van der Waals surface area contributed by atoms with Crippen LogP contribution >= 0.6 is 0 Å². The molecular formula is C17H33N3O. The van der Waals surface area contributed by atoms with Gasteiger partial charge in [-0.1, -0.05) is 32.6 Å². The van der Waals surface area contributed by atoms with Gasteiger partial charge in [-0.05, 0) is 32.7 Å². The molecule has 2 aliphatic heterocycles. The second kappa shape index (κ2) is 8.74. The molecule has 122 valence electrons. The minimum absolute atomic E-state index is 0.157. The van der Waals surface area contributed by atoms with E-state index in [-0.39, 0.29) is 6.04 Å². The van der Waals surface area contributed by atoms with Gasteiger partial charge >= 0.3 is 0 Å². The summed E-state index contributed by atoms with van der Waals surface area (Å²) in [5, 5.41) is 3.33. The third-order valence-electron chi connectivity index (χ3n) is 5.05. The molecule has 0 radical (unpaired) electrons. The van der Waals surface area contributed by atoms with Crippen molar-refractivity contribution in [2.45, 2.75) is 70.9 Å². The van der Waals surface area contributed by atoms with E-state index in [4.69, 9.17) is 0 Å². The van der Waals surface area contributed by atoms with Crippen LogP contribution in [0.2, 0.25) is 0 Å². The lowest BCUT2D eigenvalue weighted by atomic mass is 10.1. The van der Waals surface area contributed by atoms with Crippen LogP contribution in [0.3, 0.4) is 0 Å². The van der Waals surface area contributed by atoms with Crippen LogP contribution in [0.15, 0.2) is 0 Å². The Morgan fingerprint density at radius 2 is 1.95 bits per heavy atom. The highest BCUT2D eigenvalue weighted by atomic mass is 16.2. The molecule has 0 aromatic carbocycles. The van der Waals surface area contributed by atoms with Crippen molar-refractivity contribution in [3.05, 3.63) is 0 Å². The molecule has 2 atom stereocenters. The Balaban J connectivity index is 1.82. The van der Waals surface area contributed by atoms with Gasteiger partial charge in [0.15, 0.2) is 0 Å². The zero-order chi connectivity index (χ0) is 15.1. The van der Waals surface area contributed by atoms with Gasteiger partial charge in [-0.2, -0.15) is 0 Å². The Bertz CT molecular complexity index is 315. The van der Waals surface area contributed by atoms with E-state index < -0.39 is 0 Å². The molecule has 2 rings (SSSR count). The first-order valence-electron chi connectivity index (χ1n) is 8.99. The van der Waals surface area contributed by atoms with Crippen molar-refractivity contribution in [2.24, 2.45) is 0 Å². The molecule has 0 bridgehead atoms. The largest absolute Gasteiger partial charge is 0.339 e. The van der Waals surface area contributed by atoms with Crippen LogP contribution in [-0.4, -0.2) is 60.5 Å². The summed E-state index contributed by atoms with van der Waals surface area (Å²) in [5.41, 5.74) is 0. The molecule has 0 aliphatic carbocycles. The minimum Gasteiger partial charge on any atom is -0.339 e. The summed E-state index contributed by atoms with van der Waals surface area (Å²) >= 11 is 0. The monoisotopic (exact) mass is 295 g/mol. The number of likely N-dealkylation sites (tertiary alicyclic amines) is 1. The summed E-state index contributed by atoms with van der Waals surface area (Å²) in [6.45, 7) is 9.34. The number of amides is 1. The Morgan fingerprint density at radius 3 is 2.67 bits per heavy atom. The van der Waals surface area contributed by atoms with Crippen LogP contribution in [0.4, 0.5) is 0 Å². The summed E-state index contributed by atoms with van der Waals surface area (Å²) in [7, 11) is 0. The van der Waals surface area contributed by atoms with E-state index in [1.807, 2.05) is 0 Å². The number of nitrogens with zero attached hydrogens (tertiary/aromatic N) is 2. The van der Waals surface area contributed by atoms with E-state index in [0.717, 1.165) is 39.1 Å². The molecular weight excluding hydrogens is 262 g/mol. The summed E-state index contributed by atoms with van der Waals surface area (Å²) in [6.07, 6.45) is 8.76. The molecule has 1 N–H and O–H groups in total. The maximum absolute atomic E-state index is 12.7. The molecule has 0 spiro atoms. The third-order valence-corrected chi connectivity index (χ3v) is 5.05. The summed E-state index contributed by atoms with van der Waals surface area (Å²) in [4.78, 5) is 17.3. The Kier molecular flexibility index (Phi) is 6.97. The van der Waals surface area contributed by atoms with E-state index in [1.54, 1.807) is 0 Å². The zero-order valence-electron chi connectivity index (χ0n) is 13.9. The predicted octanol–water partition coefficient (Wildman–Crippen LogP) is 2.24. The summed E-state index contributed by atoms with van der Waals surface area (Å²) in [5.74, 6) is 0.384. The Labute approximate surface area is 130 Å². The van der Waals surface area contributed by atoms with Crippen molar-refractivity contribution in [1.82, 2.24) is 15.1 Å². The van der Waals surface area contributed by atoms with Gasteiger partial charge in [-0.25, -0.2) is 0 Å². The van der Waals surface area contributed by atoms with Gasteiger partial charge in [0.05, 0.1) is 6.04 Å². The highest BCUT2D eigenvalue weighted by molar-refractivity contribution is 5.82. The van der Waals surface area contributed by atoms with E-state index in [1.165, 1.54) is 38.5 Å². The standard InChI is InChI=1S/C17H33N3O/c1-3-4-5-6-8-15(2)20-12-7-9-16(20)17(21)19-13-10-18-11-14-19/h15-16,18H,3-14H2,1-2H3. The van der Waals surface area contributed by atoms with Crippen LogP contribution in [0.1, 0.15) is 58.8 Å². The minimum atomic E-state index is 0.157. The molecule has 21 heavy (non-hydrogen) atoms. The van der Waals surface area contributed by atoms with Gasteiger partial charge in [0, 0.05) is 32.2 Å². The molecule has 2 unspecified atom stereocenters. The maximum atomic E-state index is 12.7. The molecule has 2 fully saturated rings. The second-order valence-electron chi connectivity index (χ2n) is 6.67. The molecule has 1 amide bonds. The lowest BCUT2D eigenvalue weighted by molar-refractivity contribution is -0.137. The first-order valence-corrected chi connectivity index (χ1v) is 8.99. The number of hydrogen-bond donors (Lipinski definition) is 1. The van der Waals surface area contributed by atoms with Crippen molar-refractivity contribution in [3.8, 4) is 0 Å². The lowest BCUT2D eigenvalue weighted by Crippen LogP contribution is -2.53. The summed E-state index contributed by atoms with van der Waals surface area (Å²) in [6, 6.07) is 0.713. The SMILES string of the molecule is CCCCCCC(C)N1CCCC1C(=O)N1CCNCC1. The third kappa shape index (κ3) is 4.68. The fourth-order valence-electron chi connectivity index (χ4n) is 3.71. The number of hydrogen-bond acceptors (Lipinski definition) is 3. The van der Waals surface area contributed by atoms with Gasteiger partial charge in [0.2, 0.25) is 5.91 Å². The number of nitrogens with one attached hydrogen (secondary N) is 1. The quantitative estimate of drug-likeness (QED) is 0.732. The van der Waals surface area contributed by atoms with Gasteiger partial charge in [0.25, 0.3) is 0 Å². The van der Waals surface area contributed by atoms with Crippen molar-refractivity contribution in [1.29, 1.82) is 0 Å². The molecule has 0 aromatic rings. The number of piperazine rings is 1. The first-order chi connectivity index (χ1) is 10.2. The van der Waals surface area contributed by atoms with Crippen LogP contribution in [0.25, 0.3) is 0 Å². The van der Waals surface area contributed by atoms with Gasteiger partial charge in [-0.3, -0.25) is 9.69 Å². The smallest absolute Gasteiger partial charge is 0.240 e. The average molecular weight is 295 g/mol. The van der Waals surface area contributed by atoms with Crippen LogP contribution in [0, 0.1) is 0 Å². The van der Waals surface area contributed by atoms with Gasteiger partial charge < -0.3 is 10.2 Å². The molecule has 2 saturated heterocycles. The highest BCUT2D eigenvalue weighted by Gasteiger charge is 2.36. The Hall–Kier alpha value is -0.610. The van der Waals surface area contributed by atoms with Crippen LogP contribution < -0.4 is 5.32 Å². The van der Waals surface area contributed by atoms with Gasteiger partial charge in [0.1, 0.15) is 0 Å². The normalized spacial score (nSPS) is 25.2.